The Bertz CT molecular complexity index is 1240. The SMILES string of the molecule is O=C(c1ccc2c3c(cccc13)CC2)[C@@H]1CCCN(C(=O)Nc2ccc3c(c2)OCO3)C1. The van der Waals surface area contributed by atoms with Crippen molar-refractivity contribution in [3.63, 3.8) is 0 Å². The van der Waals surface area contributed by atoms with E-state index in [2.05, 4.69) is 29.6 Å². The van der Waals surface area contributed by atoms with Crippen LogP contribution in [0.25, 0.3) is 10.8 Å². The summed E-state index contributed by atoms with van der Waals surface area (Å²) in [5, 5.41) is 5.25. The van der Waals surface area contributed by atoms with Gasteiger partial charge >= 0.3 is 6.03 Å². The lowest BCUT2D eigenvalue weighted by molar-refractivity contribution is 0.0853. The number of Topliss-reactive ketones (excluding diaryl/α,β-unsaturated/α-hetero) is 1. The van der Waals surface area contributed by atoms with Crippen molar-refractivity contribution in [3.05, 3.63) is 65.2 Å². The van der Waals surface area contributed by atoms with E-state index in [4.69, 9.17) is 9.47 Å². The molecular formula is C26H24N2O4. The van der Waals surface area contributed by atoms with E-state index < -0.39 is 0 Å². The fourth-order valence-electron chi connectivity index (χ4n) is 5.23. The molecule has 0 bridgehead atoms. The number of carbonyl (C=O) groups is 2. The number of ether oxygens (including phenoxy) is 2. The van der Waals surface area contributed by atoms with Crippen LogP contribution >= 0.6 is 0 Å². The molecule has 6 nitrogen and oxygen atoms in total. The van der Waals surface area contributed by atoms with Gasteiger partial charge in [-0.1, -0.05) is 30.3 Å². The Morgan fingerprint density at radius 3 is 2.72 bits per heavy atom. The lowest BCUT2D eigenvalue weighted by Crippen LogP contribution is -2.44. The van der Waals surface area contributed by atoms with Gasteiger partial charge in [0.05, 0.1) is 0 Å². The molecule has 2 amide bonds. The molecule has 0 spiro atoms. The third-order valence-electron chi connectivity index (χ3n) is 6.85. The van der Waals surface area contributed by atoms with E-state index in [-0.39, 0.29) is 24.5 Å². The van der Waals surface area contributed by atoms with Crippen LogP contribution in [0.3, 0.4) is 0 Å². The number of fused-ring (bicyclic) bond motifs is 1. The van der Waals surface area contributed by atoms with Crippen molar-refractivity contribution in [3.8, 4) is 11.5 Å². The second kappa shape index (κ2) is 7.55. The van der Waals surface area contributed by atoms with Crippen LogP contribution in [-0.2, 0) is 12.8 Å². The van der Waals surface area contributed by atoms with E-state index in [1.54, 1.807) is 23.1 Å². The first-order valence-corrected chi connectivity index (χ1v) is 11.2. The highest BCUT2D eigenvalue weighted by molar-refractivity contribution is 6.11. The number of piperidine rings is 1. The summed E-state index contributed by atoms with van der Waals surface area (Å²) in [6.45, 7) is 1.27. The Kier molecular flexibility index (Phi) is 4.52. The van der Waals surface area contributed by atoms with Crippen LogP contribution in [0.2, 0.25) is 0 Å². The molecule has 3 aliphatic rings. The van der Waals surface area contributed by atoms with Crippen molar-refractivity contribution < 1.29 is 19.1 Å². The monoisotopic (exact) mass is 428 g/mol. The van der Waals surface area contributed by atoms with Gasteiger partial charge in [-0.05, 0) is 59.7 Å². The van der Waals surface area contributed by atoms with Gasteiger partial charge in [-0.15, -0.1) is 0 Å². The van der Waals surface area contributed by atoms with E-state index in [0.29, 0.717) is 30.3 Å². The molecule has 6 heteroatoms. The number of rotatable bonds is 3. The summed E-state index contributed by atoms with van der Waals surface area (Å²) in [6.07, 6.45) is 3.70. The zero-order valence-electron chi connectivity index (χ0n) is 17.7. The molecule has 1 aliphatic carbocycles. The van der Waals surface area contributed by atoms with Gasteiger partial charge in [0.15, 0.2) is 17.3 Å². The van der Waals surface area contributed by atoms with Crippen LogP contribution < -0.4 is 14.8 Å². The summed E-state index contributed by atoms with van der Waals surface area (Å²) < 4.78 is 10.7. The van der Waals surface area contributed by atoms with Gasteiger partial charge in [-0.3, -0.25) is 4.79 Å². The van der Waals surface area contributed by atoms with Gasteiger partial charge in [0.25, 0.3) is 0 Å². The molecule has 3 aromatic rings. The van der Waals surface area contributed by atoms with E-state index in [0.717, 1.165) is 36.6 Å². The molecule has 6 rings (SSSR count). The summed E-state index contributed by atoms with van der Waals surface area (Å²) in [5.74, 6) is 1.25. The number of carbonyl (C=O) groups excluding carboxylic acids is 2. The first-order valence-electron chi connectivity index (χ1n) is 11.2. The highest BCUT2D eigenvalue weighted by atomic mass is 16.7. The third kappa shape index (κ3) is 3.18. The molecule has 3 aromatic carbocycles. The number of nitrogens with one attached hydrogen (secondary N) is 1. The topological polar surface area (TPSA) is 67.9 Å². The fraction of sp³-hybridized carbons (Fsp3) is 0.308. The van der Waals surface area contributed by atoms with Gasteiger partial charge in [0, 0.05) is 36.3 Å². The van der Waals surface area contributed by atoms with Crippen molar-refractivity contribution in [2.75, 3.05) is 25.2 Å². The number of likely N-dealkylation sites (tertiary alicyclic amines) is 1. The van der Waals surface area contributed by atoms with E-state index in [1.807, 2.05) is 6.07 Å². The molecule has 1 saturated heterocycles. The maximum absolute atomic E-state index is 13.5. The first-order chi connectivity index (χ1) is 15.7. The number of hydrogen-bond acceptors (Lipinski definition) is 4. The second-order valence-electron chi connectivity index (χ2n) is 8.76. The number of ketones is 1. The standard InChI is InChI=1S/C26H24N2O4/c29-25(21-10-8-17-7-6-16-3-1-5-20(21)24(16)17)18-4-2-12-28(14-18)26(30)27-19-9-11-22-23(13-19)32-15-31-22/h1,3,5,8-11,13,18H,2,4,6-7,12,14-15H2,(H,27,30)/t18-/m1/s1. The normalized spacial score (nSPS) is 18.8. The van der Waals surface area contributed by atoms with E-state index >= 15 is 0 Å². The van der Waals surface area contributed by atoms with Crippen LogP contribution in [0.5, 0.6) is 11.5 Å². The van der Waals surface area contributed by atoms with Crippen LogP contribution in [-0.4, -0.2) is 36.6 Å². The van der Waals surface area contributed by atoms with Gasteiger partial charge in [-0.25, -0.2) is 4.79 Å². The molecule has 2 aliphatic heterocycles. The molecule has 1 fully saturated rings. The molecular weight excluding hydrogens is 404 g/mol. The van der Waals surface area contributed by atoms with Crippen molar-refractivity contribution >= 4 is 28.3 Å². The Labute approximate surface area is 186 Å². The number of benzene rings is 3. The molecule has 0 saturated carbocycles. The van der Waals surface area contributed by atoms with Crippen LogP contribution in [0, 0.1) is 5.92 Å². The van der Waals surface area contributed by atoms with Crippen molar-refractivity contribution in [2.45, 2.75) is 25.7 Å². The largest absolute Gasteiger partial charge is 0.454 e. The van der Waals surface area contributed by atoms with Crippen molar-refractivity contribution in [2.24, 2.45) is 5.92 Å². The minimum absolute atomic E-state index is 0.140. The zero-order valence-corrected chi connectivity index (χ0v) is 17.7. The van der Waals surface area contributed by atoms with Gasteiger partial charge in [0.1, 0.15) is 0 Å². The lowest BCUT2D eigenvalue weighted by atomic mass is 9.87. The molecule has 0 radical (unpaired) electrons. The maximum Gasteiger partial charge on any atom is 0.321 e. The Morgan fingerprint density at radius 2 is 1.81 bits per heavy atom. The number of nitrogens with zero attached hydrogens (tertiary/aromatic N) is 1. The van der Waals surface area contributed by atoms with Gasteiger partial charge < -0.3 is 19.7 Å². The molecule has 1 N–H and O–H groups in total. The Balaban J connectivity index is 1.20. The van der Waals surface area contributed by atoms with Crippen molar-refractivity contribution in [1.82, 2.24) is 4.90 Å². The molecule has 0 aromatic heterocycles. The zero-order chi connectivity index (χ0) is 21.7. The summed E-state index contributed by atoms with van der Waals surface area (Å²) in [7, 11) is 0. The van der Waals surface area contributed by atoms with Crippen LogP contribution in [0.1, 0.15) is 34.3 Å². The van der Waals surface area contributed by atoms with Gasteiger partial charge in [0.2, 0.25) is 6.79 Å². The van der Waals surface area contributed by atoms with Gasteiger partial charge in [-0.2, -0.15) is 0 Å². The molecule has 162 valence electrons. The molecule has 32 heavy (non-hydrogen) atoms. The minimum Gasteiger partial charge on any atom is -0.454 e. The Morgan fingerprint density at radius 1 is 0.969 bits per heavy atom. The second-order valence-corrected chi connectivity index (χ2v) is 8.76. The fourth-order valence-corrected chi connectivity index (χ4v) is 5.23. The lowest BCUT2D eigenvalue weighted by Gasteiger charge is -2.32. The quantitative estimate of drug-likeness (QED) is 0.609. The number of urea groups is 1. The first kappa shape index (κ1) is 19.2. The van der Waals surface area contributed by atoms with E-state index in [1.165, 1.54) is 16.5 Å². The number of amides is 2. The smallest absolute Gasteiger partial charge is 0.321 e. The van der Waals surface area contributed by atoms with E-state index in [9.17, 15) is 9.59 Å². The molecule has 1 atom stereocenters. The highest BCUT2D eigenvalue weighted by Gasteiger charge is 2.31. The average molecular weight is 428 g/mol. The Hall–Kier alpha value is -3.54. The maximum atomic E-state index is 13.5. The van der Waals surface area contributed by atoms with Crippen LogP contribution in [0.4, 0.5) is 10.5 Å². The predicted molar refractivity (Wildman–Crippen MR) is 122 cm³/mol. The molecule has 0 unspecified atom stereocenters. The summed E-state index contributed by atoms with van der Waals surface area (Å²) >= 11 is 0. The number of hydrogen-bond donors (Lipinski definition) is 1. The number of aryl methyl sites for hydroxylation is 2. The summed E-state index contributed by atoms with van der Waals surface area (Å²) in [6, 6.07) is 15.5. The van der Waals surface area contributed by atoms with Crippen LogP contribution in [0.15, 0.2) is 48.5 Å². The highest BCUT2D eigenvalue weighted by Crippen LogP contribution is 2.36. The minimum atomic E-state index is -0.193. The molecule has 2 heterocycles. The predicted octanol–water partition coefficient (Wildman–Crippen LogP) is 4.79. The number of anilines is 1. The average Bonchev–Trinajstić information content (AvgIpc) is 3.47. The van der Waals surface area contributed by atoms with Crippen molar-refractivity contribution in [1.29, 1.82) is 0 Å². The third-order valence-corrected chi connectivity index (χ3v) is 6.85. The summed E-state index contributed by atoms with van der Waals surface area (Å²) in [4.78, 5) is 28.2. The summed E-state index contributed by atoms with van der Waals surface area (Å²) in [5.41, 5.74) is 4.11.